The number of benzene rings is 3. The molecule has 1 fully saturated rings. The van der Waals surface area contributed by atoms with E-state index in [1.165, 1.54) is 0 Å². The summed E-state index contributed by atoms with van der Waals surface area (Å²) >= 11 is 0. The van der Waals surface area contributed by atoms with Gasteiger partial charge in [0.1, 0.15) is 24.4 Å². The Balaban J connectivity index is 1.50. The van der Waals surface area contributed by atoms with Crippen molar-refractivity contribution >= 4 is 0 Å². The highest BCUT2D eigenvalue weighted by Crippen LogP contribution is 2.32. The van der Waals surface area contributed by atoms with Crippen molar-refractivity contribution in [2.24, 2.45) is 0 Å². The van der Waals surface area contributed by atoms with Crippen LogP contribution in [-0.2, 0) is 43.5 Å². The Kier molecular flexibility index (Phi) is 9.21. The van der Waals surface area contributed by atoms with Gasteiger partial charge < -0.3 is 28.8 Å². The zero-order valence-corrected chi connectivity index (χ0v) is 19.4. The molecule has 180 valence electrons. The molecule has 0 aliphatic carbocycles. The number of hydrogen-bond donors (Lipinski definition) is 1. The van der Waals surface area contributed by atoms with Gasteiger partial charge >= 0.3 is 0 Å². The van der Waals surface area contributed by atoms with Crippen molar-refractivity contribution in [1.82, 2.24) is 0 Å². The molecule has 0 unspecified atom stereocenters. The predicted octanol–water partition coefficient (Wildman–Crippen LogP) is 4.11. The van der Waals surface area contributed by atoms with Gasteiger partial charge in [0.05, 0.1) is 26.4 Å². The maximum absolute atomic E-state index is 10.2. The molecule has 5 atom stereocenters. The third-order valence-electron chi connectivity index (χ3n) is 5.86. The van der Waals surface area contributed by atoms with E-state index in [0.717, 1.165) is 16.7 Å². The molecule has 34 heavy (non-hydrogen) atoms. The zero-order chi connectivity index (χ0) is 23.6. The van der Waals surface area contributed by atoms with Gasteiger partial charge in [0.15, 0.2) is 6.29 Å². The number of rotatable bonds is 12. The smallest absolute Gasteiger partial charge is 0.186 e. The first-order chi connectivity index (χ1) is 16.8. The van der Waals surface area contributed by atoms with Gasteiger partial charge in [0.2, 0.25) is 0 Å². The fraction of sp³-hybridized carbons (Fsp3) is 0.357. The Labute approximate surface area is 201 Å². The van der Waals surface area contributed by atoms with Crippen molar-refractivity contribution in [2.75, 3.05) is 13.7 Å². The van der Waals surface area contributed by atoms with E-state index >= 15 is 0 Å². The minimum Gasteiger partial charge on any atom is -0.394 e. The molecule has 1 aliphatic heterocycles. The lowest BCUT2D eigenvalue weighted by Crippen LogP contribution is -2.44. The summed E-state index contributed by atoms with van der Waals surface area (Å²) in [6.07, 6.45) is -2.81. The van der Waals surface area contributed by atoms with Crippen LogP contribution in [0.25, 0.3) is 0 Å². The molecule has 0 amide bonds. The molecule has 1 aliphatic rings. The molecule has 1 saturated heterocycles. The minimum atomic E-state index is -0.649. The molecule has 3 aromatic rings. The lowest BCUT2D eigenvalue weighted by atomic mass is 10.0. The quantitative estimate of drug-likeness (QED) is 0.435. The second-order valence-corrected chi connectivity index (χ2v) is 8.24. The van der Waals surface area contributed by atoms with Crippen molar-refractivity contribution in [3.05, 3.63) is 108 Å². The fourth-order valence-corrected chi connectivity index (χ4v) is 4.07. The van der Waals surface area contributed by atoms with Crippen LogP contribution in [0.4, 0.5) is 0 Å². The van der Waals surface area contributed by atoms with Crippen LogP contribution in [0.2, 0.25) is 0 Å². The van der Waals surface area contributed by atoms with Crippen LogP contribution in [0.3, 0.4) is 0 Å². The van der Waals surface area contributed by atoms with E-state index < -0.39 is 30.7 Å². The summed E-state index contributed by atoms with van der Waals surface area (Å²) in [5.41, 5.74) is 3.09. The molecule has 0 spiro atoms. The number of aliphatic hydroxyl groups excluding tert-OH is 1. The molecule has 0 bridgehead atoms. The van der Waals surface area contributed by atoms with Crippen LogP contribution in [0.15, 0.2) is 91.0 Å². The van der Waals surface area contributed by atoms with E-state index in [9.17, 15) is 5.11 Å². The van der Waals surface area contributed by atoms with Crippen molar-refractivity contribution in [1.29, 1.82) is 0 Å². The Morgan fingerprint density at radius 3 is 1.65 bits per heavy atom. The van der Waals surface area contributed by atoms with E-state index in [1.807, 2.05) is 91.0 Å². The molecule has 4 rings (SSSR count). The lowest BCUT2D eigenvalue weighted by molar-refractivity contribution is -0.184. The average Bonchev–Trinajstić information content (AvgIpc) is 3.25. The van der Waals surface area contributed by atoms with Crippen LogP contribution < -0.4 is 0 Å². The monoisotopic (exact) mass is 464 g/mol. The topological polar surface area (TPSA) is 66.4 Å². The van der Waals surface area contributed by atoms with Crippen LogP contribution in [0.1, 0.15) is 16.7 Å². The molecular formula is C28H32O6. The third kappa shape index (κ3) is 6.51. The van der Waals surface area contributed by atoms with Crippen LogP contribution in [0, 0.1) is 0 Å². The number of methoxy groups -OCH3 is 1. The summed E-state index contributed by atoms with van der Waals surface area (Å²) in [4.78, 5) is 0. The standard InChI is InChI=1S/C28H32O6/c1-30-28-27(33-20-23-15-9-4-10-16-23)26(32-19-22-13-7-3-8-14-22)25(34-28)24(17-29)31-18-21-11-5-2-6-12-21/h2-16,24-29H,17-20H2,1H3/t24-,25+,26+,27-,28-/m1/s1. The average molecular weight is 465 g/mol. The second-order valence-electron chi connectivity index (χ2n) is 8.24. The van der Waals surface area contributed by atoms with Crippen molar-refractivity contribution in [3.8, 4) is 0 Å². The van der Waals surface area contributed by atoms with Gasteiger partial charge in [-0.25, -0.2) is 0 Å². The Bertz CT molecular complexity index is 952. The van der Waals surface area contributed by atoms with Crippen LogP contribution in [0.5, 0.6) is 0 Å². The first-order valence-corrected chi connectivity index (χ1v) is 11.5. The van der Waals surface area contributed by atoms with Crippen molar-refractivity contribution in [2.45, 2.75) is 50.5 Å². The SMILES string of the molecule is CO[C@@H]1O[C@@H]([C@@H](CO)OCc2ccccc2)[C@H](OCc2ccccc2)[C@H]1OCc1ccccc1. The third-order valence-corrected chi connectivity index (χ3v) is 5.86. The minimum absolute atomic E-state index is 0.218. The number of aliphatic hydroxyl groups is 1. The van der Waals surface area contributed by atoms with E-state index in [0.29, 0.717) is 19.8 Å². The summed E-state index contributed by atoms with van der Waals surface area (Å²) in [6, 6.07) is 29.7. The first-order valence-electron chi connectivity index (χ1n) is 11.5. The molecule has 6 nitrogen and oxygen atoms in total. The summed E-state index contributed by atoms with van der Waals surface area (Å²) in [5.74, 6) is 0. The second kappa shape index (κ2) is 12.8. The Morgan fingerprint density at radius 1 is 0.706 bits per heavy atom. The molecule has 0 saturated carbocycles. The van der Waals surface area contributed by atoms with Gasteiger partial charge in [-0.2, -0.15) is 0 Å². The highest BCUT2D eigenvalue weighted by Gasteiger charge is 2.50. The Hall–Kier alpha value is -2.58. The predicted molar refractivity (Wildman–Crippen MR) is 128 cm³/mol. The summed E-state index contributed by atoms with van der Waals surface area (Å²) in [7, 11) is 1.58. The Morgan fingerprint density at radius 2 is 1.18 bits per heavy atom. The summed E-state index contributed by atoms with van der Waals surface area (Å²) in [5, 5.41) is 10.2. The van der Waals surface area contributed by atoms with E-state index in [2.05, 4.69) is 0 Å². The molecule has 1 heterocycles. The van der Waals surface area contributed by atoms with Gasteiger partial charge in [-0.15, -0.1) is 0 Å². The van der Waals surface area contributed by atoms with Gasteiger partial charge in [0, 0.05) is 7.11 Å². The van der Waals surface area contributed by atoms with Crippen LogP contribution >= 0.6 is 0 Å². The van der Waals surface area contributed by atoms with Crippen molar-refractivity contribution in [3.63, 3.8) is 0 Å². The fourth-order valence-electron chi connectivity index (χ4n) is 4.07. The highest BCUT2D eigenvalue weighted by molar-refractivity contribution is 5.15. The molecular weight excluding hydrogens is 432 g/mol. The molecule has 0 aromatic heterocycles. The van der Waals surface area contributed by atoms with Gasteiger partial charge in [-0.05, 0) is 16.7 Å². The number of hydrogen-bond acceptors (Lipinski definition) is 6. The largest absolute Gasteiger partial charge is 0.394 e. The van der Waals surface area contributed by atoms with Crippen LogP contribution in [-0.4, -0.2) is 49.5 Å². The first kappa shape index (κ1) is 24.5. The molecule has 1 N–H and O–H groups in total. The molecule has 6 heteroatoms. The summed E-state index contributed by atoms with van der Waals surface area (Å²) in [6.45, 7) is 0.903. The highest BCUT2D eigenvalue weighted by atomic mass is 16.7. The van der Waals surface area contributed by atoms with Gasteiger partial charge in [-0.1, -0.05) is 91.0 Å². The van der Waals surface area contributed by atoms with E-state index in [1.54, 1.807) is 7.11 Å². The maximum Gasteiger partial charge on any atom is 0.186 e. The summed E-state index contributed by atoms with van der Waals surface area (Å²) < 4.78 is 30.5. The maximum atomic E-state index is 10.2. The van der Waals surface area contributed by atoms with Gasteiger partial charge in [0.25, 0.3) is 0 Å². The van der Waals surface area contributed by atoms with Crippen molar-refractivity contribution < 1.29 is 28.8 Å². The van der Waals surface area contributed by atoms with Gasteiger partial charge in [-0.3, -0.25) is 0 Å². The van der Waals surface area contributed by atoms with E-state index in [-0.39, 0.29) is 6.61 Å². The zero-order valence-electron chi connectivity index (χ0n) is 19.4. The molecule has 0 radical (unpaired) electrons. The normalized spacial score (nSPS) is 23.1. The molecule has 3 aromatic carbocycles. The lowest BCUT2D eigenvalue weighted by Gasteiger charge is -2.28. The van der Waals surface area contributed by atoms with E-state index in [4.69, 9.17) is 23.7 Å². The number of ether oxygens (including phenoxy) is 5.